The van der Waals surface area contributed by atoms with Gasteiger partial charge in [0.05, 0.1) is 0 Å². The van der Waals surface area contributed by atoms with Crippen molar-refractivity contribution in [1.29, 1.82) is 0 Å². The van der Waals surface area contributed by atoms with E-state index in [9.17, 15) is 18.4 Å². The third-order valence-corrected chi connectivity index (χ3v) is 3.99. The number of hydrogen-bond donors (Lipinski definition) is 1. The second kappa shape index (κ2) is 6.51. The van der Waals surface area contributed by atoms with Crippen molar-refractivity contribution in [2.45, 2.75) is 25.3 Å². The van der Waals surface area contributed by atoms with E-state index in [2.05, 4.69) is 21.2 Å². The van der Waals surface area contributed by atoms with Gasteiger partial charge in [-0.1, -0.05) is 15.9 Å². The number of likely N-dealkylation sites (N-methyl/N-ethyl adjacent to an activating group) is 1. The molecule has 1 N–H and O–H groups in total. The molecule has 1 aromatic carbocycles. The molecule has 1 atom stereocenters. The lowest BCUT2D eigenvalue weighted by Crippen LogP contribution is -2.51. The fourth-order valence-electron chi connectivity index (χ4n) is 2.50. The maximum absolute atomic E-state index is 13.9. The molecule has 0 saturated carbocycles. The van der Waals surface area contributed by atoms with Gasteiger partial charge in [0.1, 0.15) is 23.2 Å². The molecule has 2 rings (SSSR count). The first kappa shape index (κ1) is 15.9. The molecule has 21 heavy (non-hydrogen) atoms. The van der Waals surface area contributed by atoms with Crippen LogP contribution in [0.5, 0.6) is 0 Å². The van der Waals surface area contributed by atoms with Gasteiger partial charge in [0.15, 0.2) is 0 Å². The van der Waals surface area contributed by atoms with Crippen molar-refractivity contribution in [2.75, 3.05) is 13.6 Å². The predicted molar refractivity (Wildman–Crippen MR) is 76.8 cm³/mol. The van der Waals surface area contributed by atoms with E-state index in [0.29, 0.717) is 19.4 Å². The van der Waals surface area contributed by atoms with Gasteiger partial charge in [-0.2, -0.15) is 0 Å². The molecule has 1 aromatic rings. The lowest BCUT2D eigenvalue weighted by molar-refractivity contribution is -0.126. The van der Waals surface area contributed by atoms with Crippen LogP contribution in [0, 0.1) is 11.6 Å². The van der Waals surface area contributed by atoms with Crippen LogP contribution in [0.3, 0.4) is 0 Å². The lowest BCUT2D eigenvalue weighted by atomic mass is 10.00. The fourth-order valence-corrected chi connectivity index (χ4v) is 2.91. The largest absolute Gasteiger partial charge is 0.357 e. The zero-order valence-corrected chi connectivity index (χ0v) is 13.0. The zero-order valence-electron chi connectivity index (χ0n) is 11.5. The number of rotatable bonds is 2. The van der Waals surface area contributed by atoms with Crippen LogP contribution >= 0.6 is 15.9 Å². The third kappa shape index (κ3) is 3.23. The monoisotopic (exact) mass is 360 g/mol. The van der Waals surface area contributed by atoms with E-state index in [1.165, 1.54) is 11.9 Å². The van der Waals surface area contributed by atoms with Crippen LogP contribution in [0.15, 0.2) is 16.6 Å². The molecule has 1 heterocycles. The summed E-state index contributed by atoms with van der Waals surface area (Å²) >= 11 is 2.97. The number of benzene rings is 1. The molecule has 114 valence electrons. The van der Waals surface area contributed by atoms with E-state index in [4.69, 9.17) is 0 Å². The summed E-state index contributed by atoms with van der Waals surface area (Å²) < 4.78 is 28.0. The van der Waals surface area contributed by atoms with Gasteiger partial charge in [-0.3, -0.25) is 9.59 Å². The number of piperidine rings is 1. The molecule has 1 unspecified atom stereocenters. The highest BCUT2D eigenvalue weighted by Crippen LogP contribution is 2.25. The molecule has 2 amide bonds. The van der Waals surface area contributed by atoms with Gasteiger partial charge in [0.25, 0.3) is 5.91 Å². The van der Waals surface area contributed by atoms with Gasteiger partial charge in [-0.15, -0.1) is 0 Å². The molecule has 1 fully saturated rings. The lowest BCUT2D eigenvalue weighted by Gasteiger charge is -2.34. The number of halogens is 3. The van der Waals surface area contributed by atoms with Crippen molar-refractivity contribution >= 4 is 27.7 Å². The Balaban J connectivity index is 2.36. The normalized spacial score (nSPS) is 18.5. The predicted octanol–water partition coefficient (Wildman–Crippen LogP) is 2.47. The molecular formula is C14H15BrF2N2O2. The fraction of sp³-hybridized carbons (Fsp3) is 0.429. The van der Waals surface area contributed by atoms with Crippen molar-refractivity contribution in [3.63, 3.8) is 0 Å². The van der Waals surface area contributed by atoms with Crippen LogP contribution in [-0.2, 0) is 4.79 Å². The standard InChI is InChI=1S/C14H15BrF2N2O2/c1-18-13(20)11-4-2-3-5-19(11)14(21)12-9(16)6-8(15)7-10(12)17/h6-7,11H,2-5H2,1H3,(H,18,20). The van der Waals surface area contributed by atoms with E-state index in [1.807, 2.05) is 0 Å². The molecule has 7 heteroatoms. The van der Waals surface area contributed by atoms with E-state index in [-0.39, 0.29) is 10.4 Å². The van der Waals surface area contributed by atoms with Gasteiger partial charge < -0.3 is 10.2 Å². The van der Waals surface area contributed by atoms with Gasteiger partial charge in [-0.05, 0) is 31.4 Å². The number of nitrogens with one attached hydrogen (secondary N) is 1. The first-order chi connectivity index (χ1) is 9.95. The van der Waals surface area contributed by atoms with E-state index in [1.54, 1.807) is 0 Å². The van der Waals surface area contributed by atoms with Gasteiger partial charge in [0, 0.05) is 18.1 Å². The Labute approximate surface area is 129 Å². The van der Waals surface area contributed by atoms with Crippen LogP contribution in [0.25, 0.3) is 0 Å². The highest BCUT2D eigenvalue weighted by atomic mass is 79.9. The summed E-state index contributed by atoms with van der Waals surface area (Å²) in [5, 5.41) is 2.48. The van der Waals surface area contributed by atoms with Gasteiger partial charge in [0.2, 0.25) is 5.91 Å². The van der Waals surface area contributed by atoms with Crippen LogP contribution in [-0.4, -0.2) is 36.3 Å². The second-order valence-corrected chi connectivity index (χ2v) is 5.78. The molecule has 1 aliphatic rings. The van der Waals surface area contributed by atoms with Gasteiger partial charge in [-0.25, -0.2) is 8.78 Å². The molecule has 1 aliphatic heterocycles. The number of carbonyl (C=O) groups is 2. The van der Waals surface area contributed by atoms with Crippen LogP contribution in [0.2, 0.25) is 0 Å². The maximum Gasteiger partial charge on any atom is 0.260 e. The maximum atomic E-state index is 13.9. The second-order valence-electron chi connectivity index (χ2n) is 4.87. The Kier molecular flexibility index (Phi) is 4.92. The van der Waals surface area contributed by atoms with Crippen LogP contribution in [0.1, 0.15) is 29.6 Å². The molecule has 0 bridgehead atoms. The smallest absolute Gasteiger partial charge is 0.260 e. The van der Waals surface area contributed by atoms with Gasteiger partial charge >= 0.3 is 0 Å². The Hall–Kier alpha value is -1.50. The number of likely N-dealkylation sites (tertiary alicyclic amines) is 1. The average molecular weight is 361 g/mol. The minimum Gasteiger partial charge on any atom is -0.357 e. The average Bonchev–Trinajstić information content (AvgIpc) is 2.45. The van der Waals surface area contributed by atoms with E-state index >= 15 is 0 Å². The quantitative estimate of drug-likeness (QED) is 0.880. The Bertz CT molecular complexity index is 557. The number of nitrogens with zero attached hydrogens (tertiary/aromatic N) is 1. The summed E-state index contributed by atoms with van der Waals surface area (Å²) in [6.07, 6.45) is 2.00. The summed E-state index contributed by atoms with van der Waals surface area (Å²) in [6, 6.07) is 1.39. The minimum absolute atomic E-state index is 0.218. The molecular weight excluding hydrogens is 346 g/mol. The molecule has 1 saturated heterocycles. The molecule has 4 nitrogen and oxygen atoms in total. The summed E-state index contributed by atoms with van der Waals surface area (Å²) in [7, 11) is 1.47. The number of amides is 2. The highest BCUT2D eigenvalue weighted by molar-refractivity contribution is 9.10. The minimum atomic E-state index is -0.937. The molecule has 0 spiro atoms. The number of carbonyl (C=O) groups excluding carboxylic acids is 2. The Morgan fingerprint density at radius 3 is 2.48 bits per heavy atom. The Morgan fingerprint density at radius 1 is 1.29 bits per heavy atom. The SMILES string of the molecule is CNC(=O)C1CCCCN1C(=O)c1c(F)cc(Br)cc1F. The highest BCUT2D eigenvalue weighted by Gasteiger charge is 2.34. The van der Waals surface area contributed by atoms with Crippen LogP contribution in [0.4, 0.5) is 8.78 Å². The first-order valence-electron chi connectivity index (χ1n) is 6.62. The van der Waals surface area contributed by atoms with Crippen LogP contribution < -0.4 is 5.32 Å². The Morgan fingerprint density at radius 2 is 1.90 bits per heavy atom. The summed E-state index contributed by atoms with van der Waals surface area (Å²) in [5.74, 6) is -2.98. The topological polar surface area (TPSA) is 49.4 Å². The van der Waals surface area contributed by atoms with Crippen molar-refractivity contribution in [2.24, 2.45) is 0 Å². The van der Waals surface area contributed by atoms with Crippen molar-refractivity contribution in [3.05, 3.63) is 33.8 Å². The first-order valence-corrected chi connectivity index (χ1v) is 7.42. The molecule has 0 aromatic heterocycles. The molecule has 0 radical (unpaired) electrons. The van der Waals surface area contributed by atoms with Crippen molar-refractivity contribution < 1.29 is 18.4 Å². The summed E-state index contributed by atoms with van der Waals surface area (Å²) in [4.78, 5) is 25.5. The third-order valence-electron chi connectivity index (χ3n) is 3.53. The zero-order chi connectivity index (χ0) is 15.6. The van der Waals surface area contributed by atoms with E-state index < -0.39 is 29.1 Å². The summed E-state index contributed by atoms with van der Waals surface area (Å²) in [5.41, 5.74) is -0.617. The number of hydrogen-bond acceptors (Lipinski definition) is 2. The summed E-state index contributed by atoms with van der Waals surface area (Å²) in [6.45, 7) is 0.311. The van der Waals surface area contributed by atoms with Crippen molar-refractivity contribution in [1.82, 2.24) is 10.2 Å². The molecule has 0 aliphatic carbocycles. The van der Waals surface area contributed by atoms with Crippen molar-refractivity contribution in [3.8, 4) is 0 Å². The van der Waals surface area contributed by atoms with E-state index in [0.717, 1.165) is 18.6 Å².